The summed E-state index contributed by atoms with van der Waals surface area (Å²) in [6.07, 6.45) is 1.40. The van der Waals surface area contributed by atoms with Crippen LogP contribution in [-0.2, 0) is 21.6 Å². The standard InChI is InChI=1S/C31H31NO6/c1-2-36-27(33)21-37-25-16-9-15-24(19-25)31(35)18-10-17-30(31,34)20-26-32-28(22-11-5-3-6-12-22)29(38-26)23-13-7-4-8-14-23/h3-9,11-16,19,34-35H,2,10,17-18,20-21H2,1H3. The largest absolute Gasteiger partial charge is 0.482 e. The molecule has 0 aliphatic heterocycles. The number of benzene rings is 3. The molecule has 1 aliphatic rings. The van der Waals surface area contributed by atoms with Crippen LogP contribution in [0.25, 0.3) is 22.6 Å². The average molecular weight is 514 g/mol. The summed E-state index contributed by atoms with van der Waals surface area (Å²) >= 11 is 0. The Hall–Kier alpha value is -3.94. The number of carbonyl (C=O) groups excluding carboxylic acids is 1. The van der Waals surface area contributed by atoms with Crippen LogP contribution in [0.4, 0.5) is 0 Å². The molecule has 196 valence electrons. The molecule has 0 saturated heterocycles. The molecule has 0 amide bonds. The summed E-state index contributed by atoms with van der Waals surface area (Å²) in [5.74, 6) is 0.903. The fraction of sp³-hybridized carbons (Fsp3) is 0.290. The van der Waals surface area contributed by atoms with Gasteiger partial charge in [0.25, 0.3) is 0 Å². The van der Waals surface area contributed by atoms with Crippen molar-refractivity contribution in [3.05, 3.63) is 96.4 Å². The Morgan fingerprint density at radius 2 is 1.66 bits per heavy atom. The van der Waals surface area contributed by atoms with E-state index in [0.29, 0.717) is 47.9 Å². The van der Waals surface area contributed by atoms with Crippen LogP contribution in [0.5, 0.6) is 5.75 Å². The number of aromatic nitrogens is 1. The fourth-order valence-electron chi connectivity index (χ4n) is 5.18. The average Bonchev–Trinajstić information content (AvgIpc) is 3.49. The number of hydrogen-bond acceptors (Lipinski definition) is 7. The van der Waals surface area contributed by atoms with E-state index in [2.05, 4.69) is 0 Å². The Labute approximate surface area is 221 Å². The second kappa shape index (κ2) is 10.8. The first-order valence-corrected chi connectivity index (χ1v) is 12.9. The first-order chi connectivity index (χ1) is 18.4. The third-order valence-electron chi connectivity index (χ3n) is 7.07. The van der Waals surface area contributed by atoms with Gasteiger partial charge in [-0.3, -0.25) is 0 Å². The maximum absolute atomic E-state index is 11.9. The first kappa shape index (κ1) is 25.7. The molecular weight excluding hydrogens is 482 g/mol. The highest BCUT2D eigenvalue weighted by molar-refractivity contribution is 5.76. The molecule has 3 aromatic carbocycles. The second-order valence-electron chi connectivity index (χ2n) is 9.56. The maximum atomic E-state index is 11.9. The summed E-state index contributed by atoms with van der Waals surface area (Å²) in [6, 6.07) is 26.4. The quantitative estimate of drug-likeness (QED) is 0.293. The summed E-state index contributed by atoms with van der Waals surface area (Å²) in [4.78, 5) is 16.5. The Morgan fingerprint density at radius 1 is 0.947 bits per heavy atom. The molecule has 0 spiro atoms. The van der Waals surface area contributed by atoms with Crippen molar-refractivity contribution >= 4 is 5.97 Å². The number of ether oxygens (including phenoxy) is 2. The van der Waals surface area contributed by atoms with Crippen LogP contribution in [0.1, 0.15) is 37.6 Å². The smallest absolute Gasteiger partial charge is 0.344 e. The van der Waals surface area contributed by atoms with E-state index in [1.165, 1.54) is 0 Å². The summed E-state index contributed by atoms with van der Waals surface area (Å²) in [5, 5.41) is 23.7. The molecule has 0 radical (unpaired) electrons. The lowest BCUT2D eigenvalue weighted by Crippen LogP contribution is -2.49. The van der Waals surface area contributed by atoms with Crippen molar-refractivity contribution < 1.29 is 28.9 Å². The SMILES string of the molecule is CCOC(=O)COc1cccc(C2(O)CCCC2(O)Cc2nc(-c3ccccc3)c(-c3ccccc3)o2)c1. The minimum Gasteiger partial charge on any atom is -0.482 e. The molecule has 1 fully saturated rings. The van der Waals surface area contributed by atoms with Crippen molar-refractivity contribution in [2.75, 3.05) is 13.2 Å². The minimum atomic E-state index is -1.55. The lowest BCUT2D eigenvalue weighted by molar-refractivity contribution is -0.145. The van der Waals surface area contributed by atoms with Crippen LogP contribution < -0.4 is 4.74 Å². The van der Waals surface area contributed by atoms with E-state index in [4.69, 9.17) is 18.9 Å². The molecule has 1 aliphatic carbocycles. The third kappa shape index (κ3) is 5.08. The predicted octanol–water partition coefficient (Wildman–Crippen LogP) is 5.30. The van der Waals surface area contributed by atoms with Crippen LogP contribution in [0.3, 0.4) is 0 Å². The van der Waals surface area contributed by atoms with Gasteiger partial charge in [-0.25, -0.2) is 9.78 Å². The minimum absolute atomic E-state index is 0.0318. The molecule has 2 unspecified atom stereocenters. The molecule has 0 bridgehead atoms. The van der Waals surface area contributed by atoms with Crippen LogP contribution in [-0.4, -0.2) is 40.0 Å². The van der Waals surface area contributed by atoms with Gasteiger partial charge in [0.2, 0.25) is 0 Å². The lowest BCUT2D eigenvalue weighted by Gasteiger charge is -2.38. The number of rotatable bonds is 9. The highest BCUT2D eigenvalue weighted by Gasteiger charge is 2.55. The zero-order chi connectivity index (χ0) is 26.6. The van der Waals surface area contributed by atoms with Crippen molar-refractivity contribution in [2.45, 2.75) is 43.8 Å². The van der Waals surface area contributed by atoms with E-state index in [9.17, 15) is 15.0 Å². The fourth-order valence-corrected chi connectivity index (χ4v) is 5.18. The molecule has 5 rings (SSSR count). The Bertz CT molecular complexity index is 1330. The zero-order valence-corrected chi connectivity index (χ0v) is 21.3. The summed E-state index contributed by atoms with van der Waals surface area (Å²) in [5.41, 5.74) is -0.0839. The van der Waals surface area contributed by atoms with Gasteiger partial charge in [0.05, 0.1) is 13.0 Å². The molecule has 1 saturated carbocycles. The first-order valence-electron chi connectivity index (χ1n) is 12.9. The summed E-state index contributed by atoms with van der Waals surface area (Å²) in [6.45, 7) is 1.77. The normalized spacial score (nSPS) is 20.8. The number of hydrogen-bond donors (Lipinski definition) is 2. The summed E-state index contributed by atoms with van der Waals surface area (Å²) < 4.78 is 16.8. The van der Waals surface area contributed by atoms with Gasteiger partial charge in [-0.05, 0) is 43.9 Å². The van der Waals surface area contributed by atoms with E-state index in [1.807, 2.05) is 60.7 Å². The second-order valence-corrected chi connectivity index (χ2v) is 9.56. The number of oxazole rings is 1. The van der Waals surface area contributed by atoms with Gasteiger partial charge in [0, 0.05) is 11.1 Å². The molecule has 38 heavy (non-hydrogen) atoms. The van der Waals surface area contributed by atoms with E-state index in [1.54, 1.807) is 31.2 Å². The van der Waals surface area contributed by atoms with Crippen LogP contribution in [0.15, 0.2) is 89.3 Å². The van der Waals surface area contributed by atoms with Crippen LogP contribution >= 0.6 is 0 Å². The van der Waals surface area contributed by atoms with Crippen molar-refractivity contribution in [1.29, 1.82) is 0 Å². The predicted molar refractivity (Wildman–Crippen MR) is 142 cm³/mol. The van der Waals surface area contributed by atoms with Crippen LogP contribution in [0, 0.1) is 0 Å². The lowest BCUT2D eigenvalue weighted by atomic mass is 9.78. The topological polar surface area (TPSA) is 102 Å². The van der Waals surface area contributed by atoms with Crippen molar-refractivity contribution in [2.24, 2.45) is 0 Å². The van der Waals surface area contributed by atoms with Gasteiger partial charge in [-0.2, -0.15) is 0 Å². The van der Waals surface area contributed by atoms with Gasteiger partial charge in [0.15, 0.2) is 18.3 Å². The van der Waals surface area contributed by atoms with Crippen molar-refractivity contribution in [1.82, 2.24) is 4.98 Å². The Kier molecular flexibility index (Phi) is 7.31. The highest BCUT2D eigenvalue weighted by atomic mass is 16.6. The molecule has 1 aromatic heterocycles. The van der Waals surface area contributed by atoms with E-state index in [-0.39, 0.29) is 19.6 Å². The number of esters is 1. The molecular formula is C31H31NO6. The van der Waals surface area contributed by atoms with Gasteiger partial charge in [-0.15, -0.1) is 0 Å². The number of nitrogens with zero attached hydrogens (tertiary/aromatic N) is 1. The van der Waals surface area contributed by atoms with E-state index < -0.39 is 17.2 Å². The summed E-state index contributed by atoms with van der Waals surface area (Å²) in [7, 11) is 0. The van der Waals surface area contributed by atoms with Gasteiger partial charge in [0.1, 0.15) is 22.6 Å². The van der Waals surface area contributed by atoms with Crippen molar-refractivity contribution in [3.8, 4) is 28.3 Å². The van der Waals surface area contributed by atoms with Crippen LogP contribution in [0.2, 0.25) is 0 Å². The number of carbonyl (C=O) groups is 1. The third-order valence-corrected chi connectivity index (χ3v) is 7.07. The Balaban J connectivity index is 1.45. The molecule has 1 heterocycles. The molecule has 2 atom stereocenters. The Morgan fingerprint density at radius 3 is 2.37 bits per heavy atom. The van der Waals surface area contributed by atoms with Crippen molar-refractivity contribution in [3.63, 3.8) is 0 Å². The molecule has 4 aromatic rings. The highest BCUT2D eigenvalue weighted by Crippen LogP contribution is 2.49. The molecule has 7 heteroatoms. The van der Waals surface area contributed by atoms with E-state index >= 15 is 0 Å². The monoisotopic (exact) mass is 513 g/mol. The molecule has 7 nitrogen and oxygen atoms in total. The zero-order valence-electron chi connectivity index (χ0n) is 21.3. The van der Waals surface area contributed by atoms with Gasteiger partial charge in [-0.1, -0.05) is 72.8 Å². The molecule has 2 N–H and O–H groups in total. The van der Waals surface area contributed by atoms with Gasteiger partial charge >= 0.3 is 5.97 Å². The van der Waals surface area contributed by atoms with E-state index in [0.717, 1.165) is 11.1 Å². The maximum Gasteiger partial charge on any atom is 0.344 e. The van der Waals surface area contributed by atoms with Gasteiger partial charge < -0.3 is 24.1 Å². The number of aliphatic hydroxyl groups is 2.